The van der Waals surface area contributed by atoms with E-state index in [2.05, 4.69) is 64.1 Å². The molecule has 0 bridgehead atoms. The highest BCUT2D eigenvalue weighted by Gasteiger charge is 1.93. The van der Waals surface area contributed by atoms with Crippen LogP contribution in [0, 0.1) is 6.92 Å². The Morgan fingerprint density at radius 3 is 2.61 bits per heavy atom. The summed E-state index contributed by atoms with van der Waals surface area (Å²) in [6.45, 7) is 8.69. The highest BCUT2D eigenvalue weighted by atomic mass is 32.2. The van der Waals surface area contributed by atoms with E-state index < -0.39 is 0 Å². The Kier molecular flexibility index (Phi) is 6.89. The van der Waals surface area contributed by atoms with Crippen molar-refractivity contribution in [1.29, 1.82) is 0 Å². The van der Waals surface area contributed by atoms with Crippen molar-refractivity contribution in [2.24, 2.45) is 0 Å². The Hall–Kier alpha value is -0.950. The van der Waals surface area contributed by atoms with Gasteiger partial charge in [0.2, 0.25) is 0 Å². The molecule has 0 saturated carbocycles. The standard InChI is InChI=1S/C17H24S/c1-14(2)7-5-8-15(3)11-12-18-17-10-6-9-16(4)13-17/h6-7,9-11,13H,5,8,12H2,1-4H3. The number of aryl methyl sites for hydroxylation is 1. The third kappa shape index (κ3) is 6.70. The van der Waals surface area contributed by atoms with Gasteiger partial charge in [-0.1, -0.05) is 41.0 Å². The molecule has 0 aliphatic heterocycles. The first-order chi connectivity index (χ1) is 8.58. The van der Waals surface area contributed by atoms with Crippen molar-refractivity contribution in [1.82, 2.24) is 0 Å². The summed E-state index contributed by atoms with van der Waals surface area (Å²) in [7, 11) is 0. The molecule has 0 fully saturated rings. The van der Waals surface area contributed by atoms with Gasteiger partial charge in [0.15, 0.2) is 0 Å². The summed E-state index contributed by atoms with van der Waals surface area (Å²) in [5.74, 6) is 1.07. The predicted molar refractivity (Wildman–Crippen MR) is 84.3 cm³/mol. The molecule has 0 aromatic heterocycles. The molecule has 0 aliphatic rings. The van der Waals surface area contributed by atoms with Crippen molar-refractivity contribution in [3.8, 4) is 0 Å². The van der Waals surface area contributed by atoms with Gasteiger partial charge in [-0.25, -0.2) is 0 Å². The highest BCUT2D eigenvalue weighted by molar-refractivity contribution is 7.99. The maximum Gasteiger partial charge on any atom is 0.0163 e. The largest absolute Gasteiger partial charge is 0.122 e. The molecule has 0 N–H and O–H groups in total. The number of hydrogen-bond acceptors (Lipinski definition) is 1. The van der Waals surface area contributed by atoms with E-state index in [1.165, 1.54) is 34.4 Å². The summed E-state index contributed by atoms with van der Waals surface area (Å²) in [5, 5.41) is 0. The van der Waals surface area contributed by atoms with Crippen LogP contribution in [0.5, 0.6) is 0 Å². The Balaban J connectivity index is 2.33. The SMILES string of the molecule is CC(C)=CCCC(C)=CCSc1cccc(C)c1. The maximum absolute atomic E-state index is 2.35. The van der Waals surface area contributed by atoms with Gasteiger partial charge >= 0.3 is 0 Å². The van der Waals surface area contributed by atoms with Crippen LogP contribution in [0.2, 0.25) is 0 Å². The van der Waals surface area contributed by atoms with Crippen LogP contribution in [-0.2, 0) is 0 Å². The van der Waals surface area contributed by atoms with Crippen molar-refractivity contribution in [2.75, 3.05) is 5.75 Å². The summed E-state index contributed by atoms with van der Waals surface area (Å²) < 4.78 is 0. The van der Waals surface area contributed by atoms with Crippen LogP contribution in [-0.4, -0.2) is 5.75 Å². The topological polar surface area (TPSA) is 0 Å². The van der Waals surface area contributed by atoms with E-state index in [0.717, 1.165) is 5.75 Å². The predicted octanol–water partition coefficient (Wildman–Crippen LogP) is 5.78. The average molecular weight is 260 g/mol. The summed E-state index contributed by atoms with van der Waals surface area (Å²) >= 11 is 1.91. The van der Waals surface area contributed by atoms with E-state index in [1.54, 1.807) is 0 Å². The molecule has 0 aliphatic carbocycles. The average Bonchev–Trinajstić information content (AvgIpc) is 2.28. The lowest BCUT2D eigenvalue weighted by molar-refractivity contribution is 0.964. The van der Waals surface area contributed by atoms with Crippen molar-refractivity contribution in [2.45, 2.75) is 45.4 Å². The number of hydrogen-bond donors (Lipinski definition) is 0. The van der Waals surface area contributed by atoms with Crippen molar-refractivity contribution < 1.29 is 0 Å². The summed E-state index contributed by atoms with van der Waals surface area (Å²) in [4.78, 5) is 1.36. The van der Waals surface area contributed by atoms with Crippen molar-refractivity contribution in [3.63, 3.8) is 0 Å². The minimum Gasteiger partial charge on any atom is -0.122 e. The molecular weight excluding hydrogens is 236 g/mol. The second-order valence-electron chi connectivity index (χ2n) is 5.00. The Labute approximate surface area is 116 Å². The molecule has 0 nitrogen and oxygen atoms in total. The lowest BCUT2D eigenvalue weighted by Crippen LogP contribution is -1.81. The van der Waals surface area contributed by atoms with Crippen LogP contribution in [0.1, 0.15) is 39.2 Å². The van der Waals surface area contributed by atoms with Gasteiger partial charge in [-0.15, -0.1) is 11.8 Å². The van der Waals surface area contributed by atoms with Gasteiger partial charge in [0.1, 0.15) is 0 Å². The van der Waals surface area contributed by atoms with E-state index in [-0.39, 0.29) is 0 Å². The number of benzene rings is 1. The Bertz CT molecular complexity index is 423. The molecule has 0 radical (unpaired) electrons. The molecule has 0 amide bonds. The molecule has 0 saturated heterocycles. The molecule has 0 unspecified atom stereocenters. The van der Waals surface area contributed by atoms with Gasteiger partial charge in [0, 0.05) is 10.6 Å². The van der Waals surface area contributed by atoms with Gasteiger partial charge in [-0.05, 0) is 52.7 Å². The van der Waals surface area contributed by atoms with E-state index >= 15 is 0 Å². The third-order valence-corrected chi connectivity index (χ3v) is 3.68. The van der Waals surface area contributed by atoms with Crippen LogP contribution in [0.4, 0.5) is 0 Å². The summed E-state index contributed by atoms with van der Waals surface area (Å²) in [6, 6.07) is 8.70. The quantitative estimate of drug-likeness (QED) is 0.461. The molecule has 18 heavy (non-hydrogen) atoms. The highest BCUT2D eigenvalue weighted by Crippen LogP contribution is 2.20. The van der Waals surface area contributed by atoms with Gasteiger partial charge in [0.25, 0.3) is 0 Å². The molecule has 0 heterocycles. The fourth-order valence-corrected chi connectivity index (χ4v) is 2.68. The lowest BCUT2D eigenvalue weighted by atomic mass is 10.1. The van der Waals surface area contributed by atoms with E-state index in [0.29, 0.717) is 0 Å². The molecule has 1 aromatic rings. The van der Waals surface area contributed by atoms with Crippen molar-refractivity contribution in [3.05, 3.63) is 53.1 Å². The minimum atomic E-state index is 1.07. The minimum absolute atomic E-state index is 1.07. The molecule has 1 aromatic carbocycles. The normalized spacial score (nSPS) is 11.4. The van der Waals surface area contributed by atoms with Gasteiger partial charge in [-0.2, -0.15) is 0 Å². The van der Waals surface area contributed by atoms with Crippen LogP contribution in [0.25, 0.3) is 0 Å². The maximum atomic E-state index is 2.35. The van der Waals surface area contributed by atoms with Crippen LogP contribution >= 0.6 is 11.8 Å². The number of rotatable bonds is 6. The van der Waals surface area contributed by atoms with Gasteiger partial charge < -0.3 is 0 Å². The van der Waals surface area contributed by atoms with E-state index in [1.807, 2.05) is 11.8 Å². The molecule has 0 atom stereocenters. The van der Waals surface area contributed by atoms with Gasteiger partial charge in [0.05, 0.1) is 0 Å². The van der Waals surface area contributed by atoms with Crippen LogP contribution in [0.3, 0.4) is 0 Å². The number of allylic oxidation sites excluding steroid dienone is 3. The fourth-order valence-electron chi connectivity index (χ4n) is 1.68. The smallest absolute Gasteiger partial charge is 0.0163 e. The van der Waals surface area contributed by atoms with Gasteiger partial charge in [-0.3, -0.25) is 0 Å². The second kappa shape index (κ2) is 8.20. The van der Waals surface area contributed by atoms with Crippen LogP contribution < -0.4 is 0 Å². The zero-order valence-corrected chi connectivity index (χ0v) is 12.8. The molecule has 0 spiro atoms. The molecule has 1 rings (SSSR count). The zero-order chi connectivity index (χ0) is 13.4. The molecular formula is C17H24S. The lowest BCUT2D eigenvalue weighted by Gasteiger charge is -2.02. The second-order valence-corrected chi connectivity index (χ2v) is 6.09. The summed E-state index contributed by atoms with van der Waals surface area (Å²) in [5.41, 5.74) is 4.24. The summed E-state index contributed by atoms with van der Waals surface area (Å²) in [6.07, 6.45) is 7.01. The zero-order valence-electron chi connectivity index (χ0n) is 12.0. The monoisotopic (exact) mass is 260 g/mol. The first kappa shape index (κ1) is 15.1. The van der Waals surface area contributed by atoms with E-state index in [4.69, 9.17) is 0 Å². The first-order valence-corrected chi connectivity index (χ1v) is 7.55. The third-order valence-electron chi connectivity index (χ3n) is 2.76. The Morgan fingerprint density at radius 2 is 1.94 bits per heavy atom. The number of thioether (sulfide) groups is 1. The molecule has 1 heteroatoms. The first-order valence-electron chi connectivity index (χ1n) is 6.56. The fraction of sp³-hybridized carbons (Fsp3) is 0.412. The van der Waals surface area contributed by atoms with Crippen LogP contribution in [0.15, 0.2) is 52.5 Å². The van der Waals surface area contributed by atoms with E-state index in [9.17, 15) is 0 Å². The Morgan fingerprint density at radius 1 is 1.17 bits per heavy atom. The van der Waals surface area contributed by atoms with Crippen molar-refractivity contribution >= 4 is 11.8 Å². The molecule has 98 valence electrons.